The van der Waals surface area contributed by atoms with Gasteiger partial charge in [0.1, 0.15) is 5.82 Å². The smallest absolute Gasteiger partial charge is 0.230 e. The third-order valence-electron chi connectivity index (χ3n) is 3.29. The Hall–Kier alpha value is -1.04. The monoisotopic (exact) mass is 268 g/mol. The molecular weight excluding hydrogens is 248 g/mol. The molecule has 0 saturated heterocycles. The first-order valence-corrected chi connectivity index (χ1v) is 7.43. The van der Waals surface area contributed by atoms with Gasteiger partial charge >= 0.3 is 0 Å². The van der Waals surface area contributed by atoms with Crippen LogP contribution in [0.15, 0.2) is 5.16 Å². The first-order chi connectivity index (χ1) is 8.63. The van der Waals surface area contributed by atoms with Gasteiger partial charge in [0.25, 0.3) is 0 Å². The van der Waals surface area contributed by atoms with E-state index in [9.17, 15) is 4.79 Å². The second-order valence-electron chi connectivity index (χ2n) is 5.02. The predicted octanol–water partition coefficient (Wildman–Crippen LogP) is 1.90. The summed E-state index contributed by atoms with van der Waals surface area (Å²) < 4.78 is 0. The zero-order valence-corrected chi connectivity index (χ0v) is 11.7. The highest BCUT2D eigenvalue weighted by atomic mass is 32.2. The second kappa shape index (κ2) is 6.22. The lowest BCUT2D eigenvalue weighted by molar-refractivity contribution is -0.119. The molecule has 18 heavy (non-hydrogen) atoms. The number of nitrogens with one attached hydrogen (secondary N) is 2. The van der Waals surface area contributed by atoms with E-state index in [0.717, 1.165) is 24.6 Å². The van der Waals surface area contributed by atoms with Crippen LogP contribution in [-0.4, -0.2) is 32.9 Å². The lowest BCUT2D eigenvalue weighted by Gasteiger charge is -2.26. The normalized spacial score (nSPS) is 23.9. The van der Waals surface area contributed by atoms with Crippen molar-refractivity contribution < 1.29 is 4.79 Å². The van der Waals surface area contributed by atoms with E-state index in [1.807, 2.05) is 6.92 Å². The molecule has 5 nitrogen and oxygen atoms in total. The minimum atomic E-state index is 0.0852. The van der Waals surface area contributed by atoms with Crippen LogP contribution in [-0.2, 0) is 4.79 Å². The summed E-state index contributed by atoms with van der Waals surface area (Å²) in [7, 11) is 0. The molecule has 0 aromatic carbocycles. The molecule has 1 fully saturated rings. The number of aromatic amines is 1. The number of hydrogen-bond acceptors (Lipinski definition) is 4. The Kier molecular flexibility index (Phi) is 4.63. The summed E-state index contributed by atoms with van der Waals surface area (Å²) in [5.74, 6) is 2.06. The fraction of sp³-hybridized carbons (Fsp3) is 0.750. The van der Waals surface area contributed by atoms with Gasteiger partial charge in [0.05, 0.1) is 5.75 Å². The van der Waals surface area contributed by atoms with Crippen molar-refractivity contribution in [3.8, 4) is 0 Å². The van der Waals surface area contributed by atoms with Crippen molar-refractivity contribution in [2.24, 2.45) is 5.92 Å². The Morgan fingerprint density at radius 2 is 2.17 bits per heavy atom. The van der Waals surface area contributed by atoms with Crippen molar-refractivity contribution in [2.75, 3.05) is 5.75 Å². The topological polar surface area (TPSA) is 70.7 Å². The Morgan fingerprint density at radius 3 is 2.78 bits per heavy atom. The van der Waals surface area contributed by atoms with Crippen molar-refractivity contribution in [3.05, 3.63) is 5.82 Å². The highest BCUT2D eigenvalue weighted by Crippen LogP contribution is 2.23. The van der Waals surface area contributed by atoms with Crippen LogP contribution < -0.4 is 5.32 Å². The van der Waals surface area contributed by atoms with Crippen molar-refractivity contribution >= 4 is 17.7 Å². The maximum Gasteiger partial charge on any atom is 0.230 e. The number of amides is 1. The molecule has 0 bridgehead atoms. The molecule has 100 valence electrons. The fourth-order valence-corrected chi connectivity index (χ4v) is 2.85. The maximum absolute atomic E-state index is 11.8. The van der Waals surface area contributed by atoms with E-state index in [1.54, 1.807) is 0 Å². The molecule has 0 aliphatic heterocycles. The molecule has 1 aliphatic carbocycles. The summed E-state index contributed by atoms with van der Waals surface area (Å²) in [4.78, 5) is 15.9. The van der Waals surface area contributed by atoms with Gasteiger partial charge in [-0.25, -0.2) is 4.98 Å². The molecule has 6 heteroatoms. The molecule has 0 atom stereocenters. The fourth-order valence-electron chi connectivity index (χ4n) is 2.19. The van der Waals surface area contributed by atoms with E-state index in [1.165, 1.54) is 24.6 Å². The van der Waals surface area contributed by atoms with Gasteiger partial charge < -0.3 is 5.32 Å². The lowest BCUT2D eigenvalue weighted by atomic mass is 9.87. The van der Waals surface area contributed by atoms with E-state index in [4.69, 9.17) is 0 Å². The van der Waals surface area contributed by atoms with Crippen LogP contribution in [0, 0.1) is 12.8 Å². The number of nitrogens with zero attached hydrogens (tertiary/aromatic N) is 2. The molecule has 2 N–H and O–H groups in total. The van der Waals surface area contributed by atoms with E-state index in [2.05, 4.69) is 27.4 Å². The van der Waals surface area contributed by atoms with Gasteiger partial charge in [-0.1, -0.05) is 18.7 Å². The molecule has 0 radical (unpaired) electrons. The molecule has 1 amide bonds. The van der Waals surface area contributed by atoms with Gasteiger partial charge in [-0.05, 0) is 38.5 Å². The van der Waals surface area contributed by atoms with Crippen molar-refractivity contribution in [1.29, 1.82) is 0 Å². The van der Waals surface area contributed by atoms with Crippen molar-refractivity contribution in [3.63, 3.8) is 0 Å². The second-order valence-corrected chi connectivity index (χ2v) is 5.96. The summed E-state index contributed by atoms with van der Waals surface area (Å²) in [6, 6.07) is 0.364. The van der Waals surface area contributed by atoms with E-state index in [0.29, 0.717) is 17.0 Å². The number of H-pyrrole nitrogens is 1. The summed E-state index contributed by atoms with van der Waals surface area (Å²) in [6.07, 6.45) is 4.66. The minimum absolute atomic E-state index is 0.0852. The summed E-state index contributed by atoms with van der Waals surface area (Å²) in [5.41, 5.74) is 0. The standard InChI is InChI=1S/C12H20N4OS/c1-8-3-5-10(6-4-8)14-11(17)7-18-12-13-9(2)15-16-12/h8,10H,3-7H2,1-2H3,(H,14,17)(H,13,15,16). The third-order valence-corrected chi connectivity index (χ3v) is 4.14. The Morgan fingerprint density at radius 1 is 1.44 bits per heavy atom. The minimum Gasteiger partial charge on any atom is -0.353 e. The number of thioether (sulfide) groups is 1. The number of hydrogen-bond donors (Lipinski definition) is 2. The average Bonchev–Trinajstić information content (AvgIpc) is 2.76. The number of aryl methyl sites for hydroxylation is 1. The van der Waals surface area contributed by atoms with Gasteiger partial charge in [-0.15, -0.1) is 5.10 Å². The van der Waals surface area contributed by atoms with Crippen LogP contribution in [0.2, 0.25) is 0 Å². The summed E-state index contributed by atoms with van der Waals surface area (Å²) in [5, 5.41) is 10.5. The predicted molar refractivity (Wildman–Crippen MR) is 71.4 cm³/mol. The molecular formula is C12H20N4OS. The zero-order valence-electron chi connectivity index (χ0n) is 10.9. The van der Waals surface area contributed by atoms with E-state index in [-0.39, 0.29) is 5.91 Å². The molecule has 0 unspecified atom stereocenters. The van der Waals surface area contributed by atoms with Crippen molar-refractivity contribution in [1.82, 2.24) is 20.5 Å². The molecule has 1 aromatic heterocycles. The average molecular weight is 268 g/mol. The summed E-state index contributed by atoms with van der Waals surface area (Å²) in [6.45, 7) is 4.12. The molecule has 1 aliphatic rings. The van der Waals surface area contributed by atoms with Gasteiger partial charge in [0, 0.05) is 6.04 Å². The van der Waals surface area contributed by atoms with Crippen LogP contribution in [0.1, 0.15) is 38.4 Å². The summed E-state index contributed by atoms with van der Waals surface area (Å²) >= 11 is 1.37. The third kappa shape index (κ3) is 4.01. The highest BCUT2D eigenvalue weighted by Gasteiger charge is 2.19. The highest BCUT2D eigenvalue weighted by molar-refractivity contribution is 7.99. The Labute approximate surface area is 112 Å². The van der Waals surface area contributed by atoms with Crippen LogP contribution >= 0.6 is 11.8 Å². The van der Waals surface area contributed by atoms with Crippen LogP contribution in [0.4, 0.5) is 0 Å². The van der Waals surface area contributed by atoms with E-state index >= 15 is 0 Å². The SMILES string of the molecule is Cc1nc(SCC(=O)NC2CCC(C)CC2)n[nH]1. The van der Waals surface area contributed by atoms with Gasteiger partial charge in [-0.2, -0.15) is 0 Å². The molecule has 1 saturated carbocycles. The van der Waals surface area contributed by atoms with Crippen LogP contribution in [0.3, 0.4) is 0 Å². The Bertz CT molecular complexity index is 399. The zero-order chi connectivity index (χ0) is 13.0. The first kappa shape index (κ1) is 13.4. The number of aromatic nitrogens is 3. The van der Waals surface area contributed by atoms with Crippen molar-refractivity contribution in [2.45, 2.75) is 50.7 Å². The largest absolute Gasteiger partial charge is 0.353 e. The molecule has 1 heterocycles. The lowest BCUT2D eigenvalue weighted by Crippen LogP contribution is -2.38. The molecule has 2 rings (SSSR count). The Balaban J connectivity index is 1.69. The first-order valence-electron chi connectivity index (χ1n) is 6.44. The van der Waals surface area contributed by atoms with Crippen LogP contribution in [0.5, 0.6) is 0 Å². The quantitative estimate of drug-likeness (QED) is 0.818. The maximum atomic E-state index is 11.8. The van der Waals surface area contributed by atoms with Gasteiger partial charge in [0.2, 0.25) is 11.1 Å². The molecule has 1 aromatic rings. The van der Waals surface area contributed by atoms with Gasteiger partial charge in [0.15, 0.2) is 0 Å². The number of rotatable bonds is 4. The van der Waals surface area contributed by atoms with Crippen LogP contribution in [0.25, 0.3) is 0 Å². The number of carbonyl (C=O) groups excluding carboxylic acids is 1. The van der Waals surface area contributed by atoms with Gasteiger partial charge in [-0.3, -0.25) is 9.89 Å². The number of carbonyl (C=O) groups is 1. The molecule has 0 spiro atoms. The van der Waals surface area contributed by atoms with E-state index < -0.39 is 0 Å².